The Labute approximate surface area is 196 Å². The van der Waals surface area contributed by atoms with Gasteiger partial charge in [0.1, 0.15) is 29.0 Å². The number of aromatic nitrogens is 3. The minimum absolute atomic E-state index is 0.00526. The van der Waals surface area contributed by atoms with E-state index < -0.39 is 5.91 Å². The van der Waals surface area contributed by atoms with Gasteiger partial charge in [-0.25, -0.2) is 0 Å². The van der Waals surface area contributed by atoms with Crippen LogP contribution in [0.5, 0.6) is 5.75 Å². The average molecular weight is 458 g/mol. The van der Waals surface area contributed by atoms with E-state index in [2.05, 4.69) is 27.0 Å². The van der Waals surface area contributed by atoms with Crippen molar-refractivity contribution in [2.45, 2.75) is 26.3 Å². The number of rotatable bonds is 9. The minimum Gasteiger partial charge on any atom is -0.492 e. The Morgan fingerprint density at radius 1 is 1.18 bits per heavy atom. The number of nitrogens with one attached hydrogen (secondary N) is 1. The van der Waals surface area contributed by atoms with E-state index in [1.807, 2.05) is 66.9 Å². The van der Waals surface area contributed by atoms with E-state index in [-0.39, 0.29) is 5.57 Å². The molecule has 0 unspecified atom stereocenters. The largest absolute Gasteiger partial charge is 0.492 e. The number of para-hydroxylation sites is 2. The van der Waals surface area contributed by atoms with Gasteiger partial charge in [-0.05, 0) is 30.7 Å². The molecule has 4 rings (SSSR count). The number of aryl methyl sites for hydroxylation is 1. The zero-order valence-corrected chi connectivity index (χ0v) is 19.0. The van der Waals surface area contributed by atoms with Crippen molar-refractivity contribution in [3.8, 4) is 11.8 Å². The number of nitriles is 1. The first-order valence-electron chi connectivity index (χ1n) is 10.7. The van der Waals surface area contributed by atoms with Gasteiger partial charge in [-0.15, -0.1) is 10.2 Å². The van der Waals surface area contributed by atoms with Crippen molar-refractivity contribution in [1.82, 2.24) is 14.8 Å². The van der Waals surface area contributed by atoms with E-state index in [1.54, 1.807) is 6.08 Å². The molecule has 166 valence electrons. The van der Waals surface area contributed by atoms with Gasteiger partial charge in [0.2, 0.25) is 5.13 Å². The Morgan fingerprint density at radius 3 is 2.76 bits per heavy atom. The lowest BCUT2D eigenvalue weighted by Gasteiger charge is -2.08. The van der Waals surface area contributed by atoms with Crippen LogP contribution in [0.4, 0.5) is 5.13 Å². The lowest BCUT2D eigenvalue weighted by molar-refractivity contribution is -0.112. The Bertz CT molecular complexity index is 1320. The molecular formula is C25H23N5O2S. The molecule has 0 atom stereocenters. The van der Waals surface area contributed by atoms with Crippen molar-refractivity contribution in [3.63, 3.8) is 0 Å². The van der Waals surface area contributed by atoms with Gasteiger partial charge >= 0.3 is 0 Å². The number of ether oxygens (including phenoxy) is 1. The maximum Gasteiger partial charge on any atom is 0.268 e. The summed E-state index contributed by atoms with van der Waals surface area (Å²) in [5.74, 6) is 0.317. The molecule has 0 radical (unpaired) electrons. The summed E-state index contributed by atoms with van der Waals surface area (Å²) < 4.78 is 7.90. The second-order valence-corrected chi connectivity index (χ2v) is 8.39. The fraction of sp³-hybridized carbons (Fsp3) is 0.200. The summed E-state index contributed by atoms with van der Waals surface area (Å²) in [4.78, 5) is 12.7. The number of hydrogen-bond acceptors (Lipinski definition) is 6. The molecule has 0 fully saturated rings. The second-order valence-electron chi connectivity index (χ2n) is 7.33. The Kier molecular flexibility index (Phi) is 7.12. The van der Waals surface area contributed by atoms with Crippen molar-refractivity contribution in [2.24, 2.45) is 0 Å². The maximum absolute atomic E-state index is 12.7. The molecule has 0 saturated heterocycles. The van der Waals surface area contributed by atoms with Gasteiger partial charge in [0.05, 0.1) is 6.54 Å². The third-order valence-corrected chi connectivity index (χ3v) is 5.88. The second kappa shape index (κ2) is 10.6. The smallest absolute Gasteiger partial charge is 0.268 e. The molecular weight excluding hydrogens is 434 g/mol. The molecule has 0 aliphatic heterocycles. The first-order chi connectivity index (χ1) is 16.2. The molecule has 0 aliphatic carbocycles. The third-order valence-electron chi connectivity index (χ3n) is 4.98. The molecule has 2 aromatic heterocycles. The van der Waals surface area contributed by atoms with Crippen LogP contribution in [0.15, 0.2) is 66.4 Å². The zero-order chi connectivity index (χ0) is 23.0. The molecule has 4 aromatic rings. The number of carbonyl (C=O) groups excluding carboxylic acids is 1. The summed E-state index contributed by atoms with van der Waals surface area (Å²) >= 11 is 1.33. The van der Waals surface area contributed by atoms with E-state index in [9.17, 15) is 10.1 Å². The van der Waals surface area contributed by atoms with E-state index in [4.69, 9.17) is 4.74 Å². The van der Waals surface area contributed by atoms with E-state index >= 15 is 0 Å². The first-order valence-corrected chi connectivity index (χ1v) is 11.5. The number of fused-ring (bicyclic) bond motifs is 1. The van der Waals surface area contributed by atoms with Crippen LogP contribution in [0, 0.1) is 11.3 Å². The number of carbonyl (C=O) groups is 1. The zero-order valence-electron chi connectivity index (χ0n) is 18.2. The highest BCUT2D eigenvalue weighted by Crippen LogP contribution is 2.24. The summed E-state index contributed by atoms with van der Waals surface area (Å²) in [6.45, 7) is 3.18. The van der Waals surface area contributed by atoms with Gasteiger partial charge in [0.25, 0.3) is 5.91 Å². The molecule has 33 heavy (non-hydrogen) atoms. The highest BCUT2D eigenvalue weighted by Gasteiger charge is 2.15. The average Bonchev–Trinajstić information content (AvgIpc) is 3.42. The summed E-state index contributed by atoms with van der Waals surface area (Å²) in [5, 5.41) is 22.6. The number of benzene rings is 2. The van der Waals surface area contributed by atoms with E-state index in [1.165, 1.54) is 11.3 Å². The summed E-state index contributed by atoms with van der Waals surface area (Å²) in [6.07, 6.45) is 5.31. The summed E-state index contributed by atoms with van der Waals surface area (Å²) in [7, 11) is 0. The van der Waals surface area contributed by atoms with Crippen molar-refractivity contribution < 1.29 is 9.53 Å². The molecule has 1 N–H and O–H groups in total. The van der Waals surface area contributed by atoms with Gasteiger partial charge in [-0.1, -0.05) is 54.7 Å². The van der Waals surface area contributed by atoms with Crippen molar-refractivity contribution in [1.29, 1.82) is 5.26 Å². The minimum atomic E-state index is -0.499. The van der Waals surface area contributed by atoms with Crippen LogP contribution < -0.4 is 10.1 Å². The third kappa shape index (κ3) is 5.45. The molecule has 2 heterocycles. The standard InChI is InChI=1S/C25H23N5O2S/c1-2-8-23-28-29-25(33-23)27-24(31)18(16-26)15-19-17-30(22-12-7-6-11-21(19)22)13-14-32-20-9-4-3-5-10-20/h3-7,9-12,15,17H,2,8,13-14H2,1H3,(H,27,29,31)/b18-15-. The van der Waals surface area contributed by atoms with Crippen LogP contribution in [0.1, 0.15) is 23.9 Å². The van der Waals surface area contributed by atoms with Gasteiger partial charge in [0.15, 0.2) is 0 Å². The first kappa shape index (κ1) is 22.2. The molecule has 8 heteroatoms. The summed E-state index contributed by atoms with van der Waals surface area (Å²) in [5.41, 5.74) is 1.80. The number of nitrogens with zero attached hydrogens (tertiary/aromatic N) is 4. The van der Waals surface area contributed by atoms with E-state index in [0.29, 0.717) is 18.3 Å². The fourth-order valence-electron chi connectivity index (χ4n) is 3.44. The maximum atomic E-state index is 12.7. The van der Waals surface area contributed by atoms with Crippen LogP contribution >= 0.6 is 11.3 Å². The highest BCUT2D eigenvalue weighted by molar-refractivity contribution is 7.15. The molecule has 0 saturated carbocycles. The van der Waals surface area contributed by atoms with Crippen LogP contribution in [0.25, 0.3) is 17.0 Å². The van der Waals surface area contributed by atoms with Crippen LogP contribution in [0.3, 0.4) is 0 Å². The van der Waals surface area contributed by atoms with Gasteiger partial charge < -0.3 is 9.30 Å². The quantitative estimate of drug-likeness (QED) is 0.280. The van der Waals surface area contributed by atoms with E-state index in [0.717, 1.165) is 40.1 Å². The van der Waals surface area contributed by atoms with Crippen LogP contribution in [-0.2, 0) is 17.8 Å². The predicted octanol–water partition coefficient (Wildman–Crippen LogP) is 5.07. The normalized spacial score (nSPS) is 11.3. The number of hydrogen-bond donors (Lipinski definition) is 1. The molecule has 7 nitrogen and oxygen atoms in total. The van der Waals surface area contributed by atoms with Crippen molar-refractivity contribution >= 4 is 39.4 Å². The molecule has 2 aromatic carbocycles. The predicted molar refractivity (Wildman–Crippen MR) is 130 cm³/mol. The lowest BCUT2D eigenvalue weighted by atomic mass is 10.1. The molecule has 1 amide bonds. The van der Waals surface area contributed by atoms with Gasteiger partial charge in [-0.2, -0.15) is 5.26 Å². The molecule has 0 bridgehead atoms. The molecule has 0 aliphatic rings. The lowest BCUT2D eigenvalue weighted by Crippen LogP contribution is -2.13. The molecule has 0 spiro atoms. The van der Waals surface area contributed by atoms with Gasteiger partial charge in [0, 0.05) is 29.1 Å². The Morgan fingerprint density at radius 2 is 1.97 bits per heavy atom. The monoisotopic (exact) mass is 457 g/mol. The topological polar surface area (TPSA) is 92.8 Å². The van der Waals surface area contributed by atoms with Crippen molar-refractivity contribution in [2.75, 3.05) is 11.9 Å². The number of amides is 1. The SMILES string of the molecule is CCCc1nnc(NC(=O)/C(C#N)=C\c2cn(CCOc3ccccc3)c3ccccc23)s1. The number of anilines is 1. The highest BCUT2D eigenvalue weighted by atomic mass is 32.1. The Balaban J connectivity index is 1.53. The van der Waals surface area contributed by atoms with Gasteiger partial charge in [-0.3, -0.25) is 10.1 Å². The van der Waals surface area contributed by atoms with Crippen molar-refractivity contribution in [3.05, 3.63) is 76.9 Å². The Hall–Kier alpha value is -3.96. The van der Waals surface area contributed by atoms with Crippen LogP contribution in [0.2, 0.25) is 0 Å². The van der Waals surface area contributed by atoms with Crippen LogP contribution in [-0.4, -0.2) is 27.3 Å². The fourth-order valence-corrected chi connectivity index (χ4v) is 4.28. The summed E-state index contributed by atoms with van der Waals surface area (Å²) in [6, 6.07) is 19.6.